The summed E-state index contributed by atoms with van der Waals surface area (Å²) in [5.74, 6) is -0.521. The third-order valence-corrected chi connectivity index (χ3v) is 5.02. The number of nitrogens with one attached hydrogen (secondary N) is 1. The van der Waals surface area contributed by atoms with Crippen LogP contribution in [-0.4, -0.2) is 43.3 Å². The quantitative estimate of drug-likeness (QED) is 0.590. The summed E-state index contributed by atoms with van der Waals surface area (Å²) in [4.78, 5) is 13.8. The molecule has 0 aromatic heterocycles. The summed E-state index contributed by atoms with van der Waals surface area (Å²) in [6.45, 7) is 1.13. The number of ether oxygens (including phenoxy) is 2. The van der Waals surface area contributed by atoms with Crippen molar-refractivity contribution >= 4 is 6.09 Å². The lowest BCUT2D eigenvalue weighted by molar-refractivity contribution is -0.143. The summed E-state index contributed by atoms with van der Waals surface area (Å²) in [6.07, 6.45) is -10.1. The number of hydrogen-bond donors (Lipinski definition) is 1. The summed E-state index contributed by atoms with van der Waals surface area (Å²) in [6, 6.07) is 10.0. The number of benzene rings is 2. The molecule has 0 unspecified atom stereocenters. The maximum Gasteiger partial charge on any atom is 0.416 e. The van der Waals surface area contributed by atoms with Crippen LogP contribution in [0.1, 0.15) is 23.1 Å². The Balaban J connectivity index is 1.53. The van der Waals surface area contributed by atoms with Crippen LogP contribution in [0.4, 0.5) is 31.1 Å². The number of carbonyl (C=O) groups excluding carboxylic acids is 1. The Hall–Kier alpha value is -2.95. The van der Waals surface area contributed by atoms with E-state index in [9.17, 15) is 31.1 Å². The highest BCUT2D eigenvalue weighted by Gasteiger charge is 2.37. The smallest absolute Gasteiger partial charge is 0.416 e. The van der Waals surface area contributed by atoms with Crippen LogP contribution in [0.5, 0.6) is 5.75 Å². The van der Waals surface area contributed by atoms with Crippen LogP contribution < -0.4 is 10.1 Å². The standard InChI is InChI=1S/C22H22F6N2O3/c23-21(24,25)16-10-17(22(26,27)28)12-19(11-16)32-9-6-18-13-30(8-7-29-18)20(31)33-14-15-4-2-1-3-5-15/h1-5,10-12,18,29H,6-9,13-14H2/t18-/m1/s1. The lowest BCUT2D eigenvalue weighted by atomic mass is 10.1. The van der Waals surface area contributed by atoms with Gasteiger partial charge in [-0.05, 0) is 30.2 Å². The van der Waals surface area contributed by atoms with Crippen LogP contribution in [0.3, 0.4) is 0 Å². The Bertz CT molecular complexity index is 902. The number of nitrogens with zero attached hydrogens (tertiary/aromatic N) is 1. The molecule has 3 rings (SSSR count). The molecule has 0 spiro atoms. The molecule has 11 heteroatoms. The van der Waals surface area contributed by atoms with Crippen molar-refractivity contribution in [1.29, 1.82) is 0 Å². The predicted octanol–water partition coefficient (Wildman–Crippen LogP) is 5.10. The fourth-order valence-electron chi connectivity index (χ4n) is 3.32. The normalized spacial score (nSPS) is 17.0. The second-order valence-electron chi connectivity index (χ2n) is 7.52. The minimum atomic E-state index is -4.94. The first-order valence-electron chi connectivity index (χ1n) is 10.1. The zero-order chi connectivity index (χ0) is 24.1. The van der Waals surface area contributed by atoms with E-state index in [4.69, 9.17) is 9.47 Å². The van der Waals surface area contributed by atoms with Gasteiger partial charge in [0.05, 0.1) is 17.7 Å². The molecule has 1 aliphatic heterocycles. The molecule has 1 N–H and O–H groups in total. The molecule has 2 aromatic carbocycles. The molecular formula is C22H22F6N2O3. The second-order valence-corrected chi connectivity index (χ2v) is 7.52. The molecule has 1 aliphatic rings. The van der Waals surface area contributed by atoms with Gasteiger partial charge in [0.15, 0.2) is 0 Å². The van der Waals surface area contributed by atoms with Crippen molar-refractivity contribution in [2.24, 2.45) is 0 Å². The molecule has 0 radical (unpaired) electrons. The first-order chi connectivity index (χ1) is 15.5. The van der Waals surface area contributed by atoms with Gasteiger partial charge in [0.25, 0.3) is 0 Å². The van der Waals surface area contributed by atoms with Gasteiger partial charge in [-0.1, -0.05) is 30.3 Å². The van der Waals surface area contributed by atoms with Crippen LogP contribution >= 0.6 is 0 Å². The molecule has 180 valence electrons. The average Bonchev–Trinajstić information content (AvgIpc) is 2.77. The number of hydrogen-bond acceptors (Lipinski definition) is 4. The number of alkyl halides is 6. The largest absolute Gasteiger partial charge is 0.494 e. The highest BCUT2D eigenvalue weighted by molar-refractivity contribution is 5.67. The van der Waals surface area contributed by atoms with Gasteiger partial charge in [-0.25, -0.2) is 4.79 Å². The van der Waals surface area contributed by atoms with Crippen molar-refractivity contribution in [3.8, 4) is 5.75 Å². The number of piperazine rings is 1. The molecule has 1 heterocycles. The maximum atomic E-state index is 13.0. The van der Waals surface area contributed by atoms with E-state index in [0.717, 1.165) is 5.56 Å². The van der Waals surface area contributed by atoms with E-state index in [0.29, 0.717) is 25.2 Å². The third-order valence-electron chi connectivity index (χ3n) is 5.02. The molecule has 0 bridgehead atoms. The minimum absolute atomic E-state index is 0.0501. The molecule has 1 atom stereocenters. The first kappa shape index (κ1) is 24.7. The van der Waals surface area contributed by atoms with Crippen molar-refractivity contribution in [3.63, 3.8) is 0 Å². The predicted molar refractivity (Wildman–Crippen MR) is 107 cm³/mol. The summed E-state index contributed by atoms with van der Waals surface area (Å²) >= 11 is 0. The van der Waals surface area contributed by atoms with E-state index in [-0.39, 0.29) is 38.3 Å². The lowest BCUT2D eigenvalue weighted by Crippen LogP contribution is -2.53. The van der Waals surface area contributed by atoms with E-state index in [1.165, 1.54) is 4.90 Å². The van der Waals surface area contributed by atoms with Crippen molar-refractivity contribution in [1.82, 2.24) is 10.2 Å². The van der Waals surface area contributed by atoms with Crippen molar-refractivity contribution in [2.45, 2.75) is 31.4 Å². The van der Waals surface area contributed by atoms with Gasteiger partial charge in [0.1, 0.15) is 12.4 Å². The topological polar surface area (TPSA) is 50.8 Å². The summed E-state index contributed by atoms with van der Waals surface area (Å²) < 4.78 is 88.2. The van der Waals surface area contributed by atoms with Crippen LogP contribution in [0.2, 0.25) is 0 Å². The number of carbonyl (C=O) groups is 1. The molecule has 5 nitrogen and oxygen atoms in total. The van der Waals surface area contributed by atoms with Crippen molar-refractivity contribution < 1.29 is 40.6 Å². The Morgan fingerprint density at radius 1 is 1.00 bits per heavy atom. The second kappa shape index (κ2) is 10.3. The molecule has 1 saturated heterocycles. The van der Waals surface area contributed by atoms with E-state index < -0.39 is 35.3 Å². The average molecular weight is 476 g/mol. The zero-order valence-corrected chi connectivity index (χ0v) is 17.4. The van der Waals surface area contributed by atoms with E-state index >= 15 is 0 Å². The fraction of sp³-hybridized carbons (Fsp3) is 0.409. The van der Waals surface area contributed by atoms with Crippen LogP contribution in [-0.2, 0) is 23.7 Å². The Morgan fingerprint density at radius 2 is 1.64 bits per heavy atom. The van der Waals surface area contributed by atoms with Crippen LogP contribution in [0.15, 0.2) is 48.5 Å². The SMILES string of the molecule is O=C(OCc1ccccc1)N1CCN[C@H](CCOc2cc(C(F)(F)F)cc(C(F)(F)F)c2)C1. The number of rotatable bonds is 6. The number of amides is 1. The van der Waals surface area contributed by atoms with Gasteiger partial charge in [0.2, 0.25) is 0 Å². The molecule has 0 aliphatic carbocycles. The van der Waals surface area contributed by atoms with E-state index in [1.807, 2.05) is 30.3 Å². The molecule has 0 saturated carbocycles. The van der Waals surface area contributed by atoms with Gasteiger partial charge in [-0.15, -0.1) is 0 Å². The summed E-state index contributed by atoms with van der Waals surface area (Å²) in [5, 5.41) is 3.15. The van der Waals surface area contributed by atoms with Gasteiger partial charge in [-0.2, -0.15) is 26.3 Å². The van der Waals surface area contributed by atoms with E-state index in [2.05, 4.69) is 5.32 Å². The maximum absolute atomic E-state index is 13.0. The molecule has 33 heavy (non-hydrogen) atoms. The molecule has 1 fully saturated rings. The lowest BCUT2D eigenvalue weighted by Gasteiger charge is -2.33. The highest BCUT2D eigenvalue weighted by Crippen LogP contribution is 2.38. The van der Waals surface area contributed by atoms with Crippen molar-refractivity contribution in [2.75, 3.05) is 26.2 Å². The summed E-state index contributed by atoms with van der Waals surface area (Å²) in [5.41, 5.74) is -2.03. The third kappa shape index (κ3) is 7.28. The Morgan fingerprint density at radius 3 is 2.24 bits per heavy atom. The van der Waals surface area contributed by atoms with E-state index in [1.54, 1.807) is 0 Å². The fourth-order valence-corrected chi connectivity index (χ4v) is 3.32. The molecule has 1 amide bonds. The minimum Gasteiger partial charge on any atom is -0.494 e. The number of halogens is 6. The molecule has 2 aromatic rings. The highest BCUT2D eigenvalue weighted by atomic mass is 19.4. The monoisotopic (exact) mass is 476 g/mol. The van der Waals surface area contributed by atoms with Gasteiger partial charge in [-0.3, -0.25) is 0 Å². The van der Waals surface area contributed by atoms with Crippen LogP contribution in [0.25, 0.3) is 0 Å². The van der Waals surface area contributed by atoms with Crippen LogP contribution in [0, 0.1) is 0 Å². The summed E-state index contributed by atoms with van der Waals surface area (Å²) in [7, 11) is 0. The van der Waals surface area contributed by atoms with Gasteiger partial charge in [0, 0.05) is 25.7 Å². The Kier molecular flexibility index (Phi) is 7.72. The van der Waals surface area contributed by atoms with Crippen molar-refractivity contribution in [3.05, 3.63) is 65.2 Å². The molecular weight excluding hydrogens is 454 g/mol. The Labute approximate surface area is 186 Å². The zero-order valence-electron chi connectivity index (χ0n) is 17.4. The van der Waals surface area contributed by atoms with Gasteiger partial charge < -0.3 is 19.7 Å². The van der Waals surface area contributed by atoms with Gasteiger partial charge >= 0.3 is 18.4 Å². The first-order valence-corrected chi connectivity index (χ1v) is 10.1.